The Morgan fingerprint density at radius 1 is 1.32 bits per heavy atom. The van der Waals surface area contributed by atoms with Gasteiger partial charge in [-0.2, -0.15) is 0 Å². The normalized spacial score (nSPS) is 19.0. The molecule has 1 amide bonds. The summed E-state index contributed by atoms with van der Waals surface area (Å²) in [6.45, 7) is 0.918. The highest BCUT2D eigenvalue weighted by Crippen LogP contribution is 2.20. The summed E-state index contributed by atoms with van der Waals surface area (Å²) in [5.74, 6) is 0.633. The third kappa shape index (κ3) is 4.45. The smallest absolute Gasteiger partial charge is 0.254 e. The van der Waals surface area contributed by atoms with Gasteiger partial charge in [-0.3, -0.25) is 4.79 Å². The quantitative estimate of drug-likeness (QED) is 0.883. The second-order valence-electron chi connectivity index (χ2n) is 5.50. The summed E-state index contributed by atoms with van der Waals surface area (Å²) in [5.41, 5.74) is 0.590. The van der Waals surface area contributed by atoms with Crippen LogP contribution in [0.4, 0.5) is 0 Å². The van der Waals surface area contributed by atoms with E-state index in [1.807, 2.05) is 0 Å². The third-order valence-corrected chi connectivity index (χ3v) is 4.50. The Hall–Kier alpha value is -1.60. The second kappa shape index (κ2) is 7.11. The lowest BCUT2D eigenvalue weighted by Gasteiger charge is -2.35. The van der Waals surface area contributed by atoms with Gasteiger partial charge in [-0.15, -0.1) is 0 Å². The Kier molecular flexibility index (Phi) is 5.42. The van der Waals surface area contributed by atoms with Gasteiger partial charge in [0.1, 0.15) is 5.75 Å². The van der Waals surface area contributed by atoms with Crippen molar-refractivity contribution in [1.29, 1.82) is 0 Å². The number of sulfonamides is 1. The molecule has 1 N–H and O–H groups in total. The van der Waals surface area contributed by atoms with Gasteiger partial charge in [0.25, 0.3) is 5.91 Å². The van der Waals surface area contributed by atoms with Crippen molar-refractivity contribution < 1.29 is 17.9 Å². The van der Waals surface area contributed by atoms with Gasteiger partial charge in [0.15, 0.2) is 0 Å². The number of carbonyl (C=O) groups is 1. The molecule has 1 heterocycles. The summed E-state index contributed by atoms with van der Waals surface area (Å²) in [7, 11) is -1.67. The lowest BCUT2D eigenvalue weighted by Crippen LogP contribution is -2.49. The molecule has 2 rings (SSSR count). The number of benzene rings is 1. The van der Waals surface area contributed by atoms with E-state index in [1.54, 1.807) is 36.3 Å². The van der Waals surface area contributed by atoms with E-state index in [2.05, 4.69) is 4.72 Å². The van der Waals surface area contributed by atoms with Crippen molar-refractivity contribution in [2.75, 3.05) is 26.5 Å². The van der Waals surface area contributed by atoms with E-state index in [1.165, 1.54) is 0 Å². The van der Waals surface area contributed by atoms with Gasteiger partial charge in [0.2, 0.25) is 10.0 Å². The van der Waals surface area contributed by atoms with E-state index in [-0.39, 0.29) is 18.5 Å². The minimum atomic E-state index is -3.25. The van der Waals surface area contributed by atoms with Crippen molar-refractivity contribution in [3.05, 3.63) is 29.8 Å². The number of methoxy groups -OCH3 is 1. The first-order chi connectivity index (χ1) is 10.4. The minimum Gasteiger partial charge on any atom is -0.497 e. The summed E-state index contributed by atoms with van der Waals surface area (Å²) < 4.78 is 30.1. The second-order valence-corrected chi connectivity index (χ2v) is 7.33. The molecule has 0 saturated carbocycles. The van der Waals surface area contributed by atoms with Gasteiger partial charge in [-0.05, 0) is 43.5 Å². The minimum absolute atomic E-state index is 0.0670. The van der Waals surface area contributed by atoms with Crippen molar-refractivity contribution in [3.8, 4) is 5.75 Å². The van der Waals surface area contributed by atoms with Gasteiger partial charge >= 0.3 is 0 Å². The van der Waals surface area contributed by atoms with E-state index in [0.717, 1.165) is 25.5 Å². The van der Waals surface area contributed by atoms with Crippen LogP contribution in [0.15, 0.2) is 24.3 Å². The highest BCUT2D eigenvalue weighted by Gasteiger charge is 2.27. The molecule has 122 valence electrons. The maximum Gasteiger partial charge on any atom is 0.254 e. The number of hydrogen-bond donors (Lipinski definition) is 1. The van der Waals surface area contributed by atoms with Gasteiger partial charge in [0.05, 0.1) is 13.4 Å². The fourth-order valence-electron chi connectivity index (χ4n) is 2.63. The molecule has 1 aliphatic heterocycles. The van der Waals surface area contributed by atoms with Crippen LogP contribution in [0.25, 0.3) is 0 Å². The van der Waals surface area contributed by atoms with Crippen LogP contribution in [0, 0.1) is 0 Å². The molecule has 0 spiro atoms. The summed E-state index contributed by atoms with van der Waals surface area (Å²) in [4.78, 5) is 14.4. The number of carbonyl (C=O) groups excluding carboxylic acids is 1. The third-order valence-electron chi connectivity index (χ3n) is 3.81. The molecule has 6 nitrogen and oxygen atoms in total. The highest BCUT2D eigenvalue weighted by molar-refractivity contribution is 7.88. The van der Waals surface area contributed by atoms with E-state index in [0.29, 0.717) is 17.9 Å². The van der Waals surface area contributed by atoms with Gasteiger partial charge in [0, 0.05) is 24.7 Å². The van der Waals surface area contributed by atoms with Gasteiger partial charge in [-0.25, -0.2) is 13.1 Å². The molecule has 22 heavy (non-hydrogen) atoms. The number of nitrogens with one attached hydrogen (secondary N) is 1. The maximum atomic E-state index is 12.6. The molecular formula is C15H22N2O4S. The van der Waals surface area contributed by atoms with Crippen LogP contribution in [-0.2, 0) is 10.0 Å². The molecule has 0 aliphatic carbocycles. The van der Waals surface area contributed by atoms with Crippen molar-refractivity contribution in [1.82, 2.24) is 9.62 Å². The van der Waals surface area contributed by atoms with Crippen LogP contribution in [0.1, 0.15) is 29.6 Å². The van der Waals surface area contributed by atoms with E-state index in [9.17, 15) is 13.2 Å². The van der Waals surface area contributed by atoms with Crippen LogP contribution in [-0.4, -0.2) is 51.7 Å². The Morgan fingerprint density at radius 2 is 2.00 bits per heavy atom. The van der Waals surface area contributed by atoms with Gasteiger partial charge < -0.3 is 9.64 Å². The number of likely N-dealkylation sites (tertiary alicyclic amines) is 1. The summed E-state index contributed by atoms with van der Waals surface area (Å²) in [6.07, 6.45) is 3.88. The molecule has 1 fully saturated rings. The van der Waals surface area contributed by atoms with Crippen LogP contribution >= 0.6 is 0 Å². The van der Waals surface area contributed by atoms with Crippen LogP contribution in [0.3, 0.4) is 0 Å². The van der Waals surface area contributed by atoms with Crippen LogP contribution in [0.2, 0.25) is 0 Å². The summed E-state index contributed by atoms with van der Waals surface area (Å²) >= 11 is 0. The van der Waals surface area contributed by atoms with Crippen molar-refractivity contribution in [2.24, 2.45) is 0 Å². The molecule has 0 radical (unpaired) electrons. The fourth-order valence-corrected chi connectivity index (χ4v) is 3.12. The average Bonchev–Trinajstić information content (AvgIpc) is 2.52. The Balaban J connectivity index is 2.10. The molecule has 0 bridgehead atoms. The van der Waals surface area contributed by atoms with E-state index in [4.69, 9.17) is 4.74 Å². The van der Waals surface area contributed by atoms with Gasteiger partial charge in [-0.1, -0.05) is 0 Å². The number of piperidine rings is 1. The maximum absolute atomic E-state index is 12.6. The molecule has 1 saturated heterocycles. The predicted molar refractivity (Wildman–Crippen MR) is 84.5 cm³/mol. The summed E-state index contributed by atoms with van der Waals surface area (Å²) in [5, 5.41) is 0. The highest BCUT2D eigenvalue weighted by atomic mass is 32.2. The number of hydrogen-bond acceptors (Lipinski definition) is 4. The Morgan fingerprint density at radius 3 is 2.59 bits per heavy atom. The molecule has 0 aromatic heterocycles. The number of nitrogens with zero attached hydrogens (tertiary/aromatic N) is 1. The van der Waals surface area contributed by atoms with Crippen molar-refractivity contribution in [3.63, 3.8) is 0 Å². The molecule has 1 aliphatic rings. The zero-order chi connectivity index (χ0) is 16.2. The number of ether oxygens (including phenoxy) is 1. The topological polar surface area (TPSA) is 75.7 Å². The summed E-state index contributed by atoms with van der Waals surface area (Å²) in [6, 6.07) is 6.87. The fraction of sp³-hybridized carbons (Fsp3) is 0.533. The van der Waals surface area contributed by atoms with E-state index < -0.39 is 10.0 Å². The predicted octanol–water partition coefficient (Wildman–Crippen LogP) is 1.24. The molecular weight excluding hydrogens is 304 g/mol. The van der Waals surface area contributed by atoms with Crippen LogP contribution in [0.5, 0.6) is 5.75 Å². The van der Waals surface area contributed by atoms with Crippen molar-refractivity contribution >= 4 is 15.9 Å². The zero-order valence-corrected chi connectivity index (χ0v) is 13.7. The molecule has 1 aromatic carbocycles. The lowest BCUT2D eigenvalue weighted by molar-refractivity contribution is 0.0619. The first kappa shape index (κ1) is 16.8. The first-order valence-corrected chi connectivity index (χ1v) is 9.19. The Bertz CT molecular complexity index is 613. The molecule has 0 unspecified atom stereocenters. The van der Waals surface area contributed by atoms with Crippen molar-refractivity contribution in [2.45, 2.75) is 25.3 Å². The standard InChI is InChI=1S/C15H22N2O4S/c1-21-14-8-6-12(7-9-14)15(18)17-10-4-3-5-13(17)11-16-22(2,19)20/h6-9,13,16H,3-5,10-11H2,1-2H3/t13-/m1/s1. The molecule has 1 aromatic rings. The molecule has 1 atom stereocenters. The monoisotopic (exact) mass is 326 g/mol. The van der Waals surface area contributed by atoms with Crippen LogP contribution < -0.4 is 9.46 Å². The molecule has 7 heteroatoms. The number of amides is 1. The number of rotatable bonds is 5. The largest absolute Gasteiger partial charge is 0.497 e. The first-order valence-electron chi connectivity index (χ1n) is 7.30. The average molecular weight is 326 g/mol. The lowest BCUT2D eigenvalue weighted by atomic mass is 10.0. The SMILES string of the molecule is COc1ccc(C(=O)N2CCCC[C@@H]2CNS(C)(=O)=O)cc1. The zero-order valence-electron chi connectivity index (χ0n) is 12.9. The Labute approximate surface area is 131 Å². The van der Waals surface area contributed by atoms with E-state index >= 15 is 0 Å².